The molecule has 0 unspecified atom stereocenters. The number of allylic oxidation sites excluding steroid dienone is 11. The number of rotatable bonds is 34. The van der Waals surface area contributed by atoms with Gasteiger partial charge in [-0.2, -0.15) is 0 Å². The van der Waals surface area contributed by atoms with Gasteiger partial charge in [0.05, 0.1) is 12.7 Å². The Bertz CT molecular complexity index is 1070. The molecule has 0 fully saturated rings. The summed E-state index contributed by atoms with van der Waals surface area (Å²) in [5.74, 6) is -0.998. The molecule has 0 heterocycles. The summed E-state index contributed by atoms with van der Waals surface area (Å²) < 4.78 is 26.2. The van der Waals surface area contributed by atoms with Crippen LogP contribution >= 0.6 is 7.82 Å². The van der Waals surface area contributed by atoms with E-state index in [9.17, 15) is 19.3 Å². The van der Waals surface area contributed by atoms with Gasteiger partial charge in [-0.15, -0.1) is 0 Å². The molecular formula is C41H69O9P. The van der Waals surface area contributed by atoms with Crippen LogP contribution in [-0.4, -0.2) is 52.3 Å². The van der Waals surface area contributed by atoms with Gasteiger partial charge in [0.15, 0.2) is 6.10 Å². The molecule has 0 amide bonds. The average Bonchev–Trinajstić information content (AvgIpc) is 3.09. The van der Waals surface area contributed by atoms with Crippen LogP contribution < -0.4 is 0 Å². The minimum Gasteiger partial charge on any atom is -0.462 e. The first kappa shape index (κ1) is 48.5. The molecule has 0 aromatic heterocycles. The van der Waals surface area contributed by atoms with Crippen molar-refractivity contribution in [3.63, 3.8) is 0 Å². The third-order valence-corrected chi connectivity index (χ3v) is 8.28. The number of carbonyl (C=O) groups excluding carboxylic acids is 2. The number of aliphatic hydroxyl groups is 1. The minimum absolute atomic E-state index is 0.167. The molecule has 0 radical (unpaired) electrons. The van der Waals surface area contributed by atoms with Crippen LogP contribution in [0, 0.1) is 0 Å². The third-order valence-electron chi connectivity index (χ3n) is 7.80. The average molecular weight is 737 g/mol. The van der Waals surface area contributed by atoms with Crippen LogP contribution in [0.25, 0.3) is 0 Å². The molecule has 0 aromatic rings. The molecule has 0 saturated heterocycles. The summed E-state index contributed by atoms with van der Waals surface area (Å²) in [7, 11) is -4.78. The summed E-state index contributed by atoms with van der Waals surface area (Å²) in [6, 6.07) is 0. The Balaban J connectivity index is 4.14. The Hall–Kier alpha value is -2.55. The number of phosphoric acid groups is 1. The van der Waals surface area contributed by atoms with Crippen LogP contribution in [-0.2, 0) is 28.2 Å². The van der Waals surface area contributed by atoms with Crippen molar-refractivity contribution in [1.29, 1.82) is 0 Å². The Kier molecular flexibility index (Phi) is 34.0. The van der Waals surface area contributed by atoms with Gasteiger partial charge in [0.25, 0.3) is 0 Å². The van der Waals surface area contributed by atoms with Crippen molar-refractivity contribution in [1.82, 2.24) is 0 Å². The van der Waals surface area contributed by atoms with Crippen LogP contribution in [0.1, 0.15) is 149 Å². The van der Waals surface area contributed by atoms with Gasteiger partial charge in [0, 0.05) is 12.8 Å². The lowest BCUT2D eigenvalue weighted by molar-refractivity contribution is -0.161. The van der Waals surface area contributed by atoms with Crippen LogP contribution in [0.15, 0.2) is 72.9 Å². The molecule has 0 aliphatic heterocycles. The fourth-order valence-corrected chi connectivity index (χ4v) is 5.20. The van der Waals surface area contributed by atoms with E-state index in [4.69, 9.17) is 19.3 Å². The predicted octanol–water partition coefficient (Wildman–Crippen LogP) is 10.5. The maximum Gasteiger partial charge on any atom is 0.469 e. The number of hydrogen-bond donors (Lipinski definition) is 3. The van der Waals surface area contributed by atoms with Crippen molar-refractivity contribution in [2.24, 2.45) is 0 Å². The van der Waals surface area contributed by atoms with Gasteiger partial charge in [-0.3, -0.25) is 14.1 Å². The second-order valence-electron chi connectivity index (χ2n) is 12.7. The summed E-state index contributed by atoms with van der Waals surface area (Å²) in [5.41, 5.74) is 0. The number of unbranched alkanes of at least 4 members (excludes halogenated alkanes) is 11. The maximum absolute atomic E-state index is 12.4. The van der Waals surface area contributed by atoms with Gasteiger partial charge in [-0.1, -0.05) is 138 Å². The number of aliphatic hydroxyl groups excluding tert-OH is 1. The van der Waals surface area contributed by atoms with Crippen LogP contribution in [0.3, 0.4) is 0 Å². The fourth-order valence-electron chi connectivity index (χ4n) is 4.84. The lowest BCUT2D eigenvalue weighted by Crippen LogP contribution is -2.29. The quantitative estimate of drug-likeness (QED) is 0.0194. The van der Waals surface area contributed by atoms with Crippen LogP contribution in [0.2, 0.25) is 0 Å². The van der Waals surface area contributed by atoms with E-state index < -0.39 is 32.5 Å². The summed E-state index contributed by atoms with van der Waals surface area (Å²) >= 11 is 0. The highest BCUT2D eigenvalue weighted by Crippen LogP contribution is 2.36. The van der Waals surface area contributed by atoms with Crippen molar-refractivity contribution in [3.8, 4) is 0 Å². The molecule has 9 nitrogen and oxygen atoms in total. The highest BCUT2D eigenvalue weighted by atomic mass is 31.2. The SMILES string of the molecule is CCCCCC/C=C\C=C/CCCCCCCC(=O)O[C@H](COC(=O)CCC/C=C\C/C=C\C/C=C\C/C=C\[C@@H](O)CCCC)COP(=O)(O)O. The van der Waals surface area contributed by atoms with Gasteiger partial charge in [-0.25, -0.2) is 4.57 Å². The molecule has 292 valence electrons. The summed E-state index contributed by atoms with van der Waals surface area (Å²) in [5, 5.41) is 9.78. The summed E-state index contributed by atoms with van der Waals surface area (Å²) in [4.78, 5) is 42.7. The summed E-state index contributed by atoms with van der Waals surface area (Å²) in [6.07, 6.45) is 42.4. The van der Waals surface area contributed by atoms with E-state index >= 15 is 0 Å². The van der Waals surface area contributed by atoms with E-state index in [0.717, 1.165) is 77.0 Å². The predicted molar refractivity (Wildman–Crippen MR) is 208 cm³/mol. The second-order valence-corrected chi connectivity index (χ2v) is 14.0. The molecule has 0 saturated carbocycles. The van der Waals surface area contributed by atoms with Crippen molar-refractivity contribution in [2.75, 3.05) is 13.2 Å². The minimum atomic E-state index is -4.78. The molecule has 3 N–H and O–H groups in total. The largest absolute Gasteiger partial charge is 0.469 e. The Morgan fingerprint density at radius 3 is 1.76 bits per heavy atom. The van der Waals surface area contributed by atoms with Gasteiger partial charge in [0.2, 0.25) is 0 Å². The first-order valence-corrected chi connectivity index (χ1v) is 20.9. The smallest absolute Gasteiger partial charge is 0.462 e. The van der Waals surface area contributed by atoms with E-state index in [1.165, 1.54) is 25.7 Å². The molecule has 0 bridgehead atoms. The zero-order valence-corrected chi connectivity index (χ0v) is 32.5. The third kappa shape index (κ3) is 38.5. The monoisotopic (exact) mass is 736 g/mol. The maximum atomic E-state index is 12.4. The Morgan fingerprint density at radius 1 is 0.608 bits per heavy atom. The number of phosphoric ester groups is 1. The van der Waals surface area contributed by atoms with E-state index in [1.807, 2.05) is 24.3 Å². The lowest BCUT2D eigenvalue weighted by atomic mass is 10.1. The standard InChI is InChI=1S/C41H69O9P/c1-3-5-7-8-9-10-11-12-13-14-19-22-25-28-31-35-41(44)50-39(37-49-51(45,46)47)36-48-40(43)34-30-27-24-21-18-16-15-17-20-23-26-29-33-38(42)32-6-4-2/h10-13,15-16,20-21,23-24,29,33,38-39,42H,3-9,14,17-19,22,25-28,30-32,34-37H2,1-2H3,(H2,45,46,47)/b11-10-,13-12-,16-15-,23-20-,24-21-,33-29-/t38-,39+/m0/s1. The molecule has 0 spiro atoms. The van der Waals surface area contributed by atoms with E-state index in [2.05, 4.69) is 67.0 Å². The van der Waals surface area contributed by atoms with E-state index in [-0.39, 0.29) is 25.6 Å². The topological polar surface area (TPSA) is 140 Å². The highest BCUT2D eigenvalue weighted by Gasteiger charge is 2.22. The number of ether oxygens (including phenoxy) is 2. The Morgan fingerprint density at radius 2 is 1.14 bits per heavy atom. The van der Waals surface area contributed by atoms with Crippen molar-refractivity contribution in [2.45, 2.75) is 161 Å². The zero-order chi connectivity index (χ0) is 37.7. The van der Waals surface area contributed by atoms with Gasteiger partial charge in [-0.05, 0) is 70.6 Å². The molecule has 51 heavy (non-hydrogen) atoms. The molecule has 10 heteroatoms. The molecule has 2 atom stereocenters. The van der Waals surface area contributed by atoms with Crippen molar-refractivity contribution >= 4 is 19.8 Å². The van der Waals surface area contributed by atoms with Crippen molar-refractivity contribution in [3.05, 3.63) is 72.9 Å². The van der Waals surface area contributed by atoms with Crippen molar-refractivity contribution < 1.29 is 43.0 Å². The number of esters is 2. The Labute approximate surface area is 309 Å². The molecule has 0 rings (SSSR count). The van der Waals surface area contributed by atoms with Crippen LogP contribution in [0.4, 0.5) is 0 Å². The second kappa shape index (κ2) is 35.8. The first-order valence-electron chi connectivity index (χ1n) is 19.3. The van der Waals surface area contributed by atoms with Gasteiger partial charge in [0.1, 0.15) is 6.61 Å². The lowest BCUT2D eigenvalue weighted by Gasteiger charge is -2.18. The van der Waals surface area contributed by atoms with Crippen LogP contribution in [0.5, 0.6) is 0 Å². The molecule has 0 aliphatic carbocycles. The molecular weight excluding hydrogens is 667 g/mol. The zero-order valence-electron chi connectivity index (χ0n) is 31.6. The highest BCUT2D eigenvalue weighted by molar-refractivity contribution is 7.46. The fraction of sp³-hybridized carbons (Fsp3) is 0.659. The number of carbonyl (C=O) groups is 2. The van der Waals surface area contributed by atoms with Gasteiger partial charge >= 0.3 is 19.8 Å². The summed E-state index contributed by atoms with van der Waals surface area (Å²) in [6.45, 7) is 3.43. The van der Waals surface area contributed by atoms with E-state index in [1.54, 1.807) is 0 Å². The number of hydrogen-bond acceptors (Lipinski definition) is 7. The van der Waals surface area contributed by atoms with Gasteiger partial charge < -0.3 is 24.4 Å². The first-order chi connectivity index (χ1) is 24.7. The molecule has 0 aliphatic rings. The van der Waals surface area contributed by atoms with E-state index in [0.29, 0.717) is 19.3 Å². The molecule has 0 aromatic carbocycles. The normalized spacial score (nSPS) is 13.9.